The Hall–Kier alpha value is -2.31. The summed E-state index contributed by atoms with van der Waals surface area (Å²) in [5, 5.41) is 3.07. The highest BCUT2D eigenvalue weighted by Crippen LogP contribution is 2.34. The van der Waals surface area contributed by atoms with Gasteiger partial charge in [-0.3, -0.25) is 9.59 Å². The Morgan fingerprint density at radius 3 is 2.17 bits per heavy atom. The molecular weight excluding hydrogens is 381 g/mol. The lowest BCUT2D eigenvalue weighted by Gasteiger charge is -2.33. The standard InChI is InChI=1S/C22H27F3N2O2/c23-22(24,25)19(16-7-3-1-4-8-16)15-20(28)27-13-11-18(12-14-27)26-21(29)17-9-5-2-6-10-17/h1,3-4,7-8,15,17-18H,2,5-6,9-14H2,(H,26,29)/b19-15+. The maximum Gasteiger partial charge on any atom is 0.417 e. The van der Waals surface area contributed by atoms with Gasteiger partial charge in [0, 0.05) is 31.1 Å². The van der Waals surface area contributed by atoms with E-state index in [1.807, 2.05) is 0 Å². The number of rotatable bonds is 4. The number of piperidine rings is 1. The largest absolute Gasteiger partial charge is 0.417 e. The summed E-state index contributed by atoms with van der Waals surface area (Å²) in [7, 11) is 0. The summed E-state index contributed by atoms with van der Waals surface area (Å²) in [6, 6.07) is 7.33. The fourth-order valence-corrected chi connectivity index (χ4v) is 4.09. The van der Waals surface area contributed by atoms with Crippen LogP contribution in [-0.4, -0.2) is 42.0 Å². The van der Waals surface area contributed by atoms with Crippen molar-refractivity contribution in [2.24, 2.45) is 5.92 Å². The molecule has 1 N–H and O–H groups in total. The van der Waals surface area contributed by atoms with Crippen LogP contribution in [0.4, 0.5) is 13.2 Å². The van der Waals surface area contributed by atoms with Crippen molar-refractivity contribution in [2.75, 3.05) is 13.1 Å². The highest BCUT2D eigenvalue weighted by Gasteiger charge is 2.36. The molecule has 0 aromatic heterocycles. The number of carbonyl (C=O) groups excluding carboxylic acids is 2. The van der Waals surface area contributed by atoms with Crippen molar-refractivity contribution < 1.29 is 22.8 Å². The summed E-state index contributed by atoms with van der Waals surface area (Å²) in [5.74, 6) is -0.484. The molecule has 1 aliphatic heterocycles. The van der Waals surface area contributed by atoms with Crippen LogP contribution in [0.25, 0.3) is 5.57 Å². The molecule has 4 nitrogen and oxygen atoms in total. The molecule has 7 heteroatoms. The number of allylic oxidation sites excluding steroid dienone is 1. The lowest BCUT2D eigenvalue weighted by Crippen LogP contribution is -2.47. The van der Waals surface area contributed by atoms with Crippen LogP contribution in [0.15, 0.2) is 36.4 Å². The van der Waals surface area contributed by atoms with E-state index in [0.717, 1.165) is 25.7 Å². The van der Waals surface area contributed by atoms with Gasteiger partial charge in [0.05, 0.1) is 5.57 Å². The Morgan fingerprint density at radius 1 is 0.966 bits per heavy atom. The van der Waals surface area contributed by atoms with E-state index < -0.39 is 17.7 Å². The Kier molecular flexibility index (Phi) is 6.98. The van der Waals surface area contributed by atoms with Crippen molar-refractivity contribution in [3.63, 3.8) is 0 Å². The molecule has 1 saturated carbocycles. The summed E-state index contributed by atoms with van der Waals surface area (Å²) >= 11 is 0. The molecule has 1 aliphatic carbocycles. The van der Waals surface area contributed by atoms with Crippen molar-refractivity contribution in [1.29, 1.82) is 0 Å². The van der Waals surface area contributed by atoms with E-state index in [4.69, 9.17) is 0 Å². The SMILES string of the molecule is O=C(NC1CCN(C(=O)/C=C(\c2ccccc2)C(F)(F)F)CC1)C1CCCCC1. The molecule has 0 atom stereocenters. The number of halogens is 3. The van der Waals surface area contributed by atoms with Gasteiger partial charge < -0.3 is 10.2 Å². The molecule has 2 aliphatic rings. The Bertz CT molecular complexity index is 732. The van der Waals surface area contributed by atoms with Crippen LogP contribution in [0, 0.1) is 5.92 Å². The average molecular weight is 408 g/mol. The van der Waals surface area contributed by atoms with E-state index in [0.29, 0.717) is 32.0 Å². The lowest BCUT2D eigenvalue weighted by molar-refractivity contribution is -0.128. The molecule has 0 radical (unpaired) electrons. The van der Waals surface area contributed by atoms with Gasteiger partial charge in [0.2, 0.25) is 11.8 Å². The first kappa shape index (κ1) is 21.4. The van der Waals surface area contributed by atoms with Gasteiger partial charge in [0.1, 0.15) is 0 Å². The zero-order valence-corrected chi connectivity index (χ0v) is 16.4. The maximum absolute atomic E-state index is 13.4. The van der Waals surface area contributed by atoms with Gasteiger partial charge >= 0.3 is 6.18 Å². The number of carbonyl (C=O) groups is 2. The van der Waals surface area contributed by atoms with Gasteiger partial charge in [-0.05, 0) is 31.2 Å². The number of likely N-dealkylation sites (tertiary alicyclic amines) is 1. The quantitative estimate of drug-likeness (QED) is 0.755. The van der Waals surface area contributed by atoms with Crippen molar-refractivity contribution in [3.05, 3.63) is 42.0 Å². The van der Waals surface area contributed by atoms with Gasteiger partial charge in [-0.2, -0.15) is 13.2 Å². The summed E-state index contributed by atoms with van der Waals surface area (Å²) in [4.78, 5) is 26.3. The first-order chi connectivity index (χ1) is 13.8. The normalized spacial score (nSPS) is 19.8. The molecule has 2 amide bonds. The Labute approximate surface area is 169 Å². The molecule has 0 bridgehead atoms. The van der Waals surface area contributed by atoms with E-state index in [1.165, 1.54) is 35.6 Å². The summed E-state index contributed by atoms with van der Waals surface area (Å²) in [5.41, 5.74) is -0.959. The highest BCUT2D eigenvalue weighted by molar-refractivity contribution is 5.96. The number of benzene rings is 1. The van der Waals surface area contributed by atoms with E-state index in [-0.39, 0.29) is 23.4 Å². The summed E-state index contributed by atoms with van der Waals surface area (Å²) in [6.45, 7) is 0.676. The van der Waals surface area contributed by atoms with E-state index in [2.05, 4.69) is 5.32 Å². The van der Waals surface area contributed by atoms with Crippen LogP contribution in [0.5, 0.6) is 0 Å². The van der Waals surface area contributed by atoms with Crippen LogP contribution < -0.4 is 5.32 Å². The lowest BCUT2D eigenvalue weighted by atomic mass is 9.88. The fourth-order valence-electron chi connectivity index (χ4n) is 4.09. The third-order valence-corrected chi connectivity index (χ3v) is 5.79. The van der Waals surface area contributed by atoms with Gasteiger partial charge in [-0.15, -0.1) is 0 Å². The number of nitrogens with one attached hydrogen (secondary N) is 1. The van der Waals surface area contributed by atoms with Crippen LogP contribution >= 0.6 is 0 Å². The van der Waals surface area contributed by atoms with Gasteiger partial charge in [-0.25, -0.2) is 0 Å². The number of hydrogen-bond acceptors (Lipinski definition) is 2. The molecule has 158 valence electrons. The summed E-state index contributed by atoms with van der Waals surface area (Å²) in [6.07, 6.45) is 2.40. The van der Waals surface area contributed by atoms with Crippen molar-refractivity contribution in [3.8, 4) is 0 Å². The molecule has 1 aromatic rings. The molecular formula is C22H27F3N2O2. The first-order valence-electron chi connectivity index (χ1n) is 10.3. The van der Waals surface area contributed by atoms with E-state index in [1.54, 1.807) is 6.07 Å². The molecule has 1 saturated heterocycles. The number of hydrogen-bond donors (Lipinski definition) is 1. The van der Waals surface area contributed by atoms with Crippen molar-refractivity contribution >= 4 is 17.4 Å². The minimum absolute atomic E-state index is 0.0198. The molecule has 0 spiro atoms. The molecule has 0 unspecified atom stereocenters. The topological polar surface area (TPSA) is 49.4 Å². The van der Waals surface area contributed by atoms with E-state index >= 15 is 0 Å². The Morgan fingerprint density at radius 2 is 1.59 bits per heavy atom. The van der Waals surface area contributed by atoms with Crippen LogP contribution in [-0.2, 0) is 9.59 Å². The molecule has 1 aromatic carbocycles. The zero-order valence-electron chi connectivity index (χ0n) is 16.4. The minimum atomic E-state index is -4.61. The number of amides is 2. The molecule has 3 rings (SSSR count). The predicted molar refractivity (Wildman–Crippen MR) is 105 cm³/mol. The second-order valence-electron chi connectivity index (χ2n) is 7.86. The zero-order chi connectivity index (χ0) is 20.9. The van der Waals surface area contributed by atoms with Crippen LogP contribution in [0.3, 0.4) is 0 Å². The first-order valence-corrected chi connectivity index (χ1v) is 10.3. The van der Waals surface area contributed by atoms with Crippen LogP contribution in [0.1, 0.15) is 50.5 Å². The predicted octanol–water partition coefficient (Wildman–Crippen LogP) is 4.32. The summed E-state index contributed by atoms with van der Waals surface area (Å²) < 4.78 is 40.3. The average Bonchev–Trinajstić information content (AvgIpc) is 2.73. The Balaban J connectivity index is 1.57. The molecule has 2 fully saturated rings. The number of nitrogens with zero attached hydrogens (tertiary/aromatic N) is 1. The second-order valence-corrected chi connectivity index (χ2v) is 7.86. The smallest absolute Gasteiger partial charge is 0.353 e. The monoisotopic (exact) mass is 408 g/mol. The van der Waals surface area contributed by atoms with Gasteiger partial charge in [-0.1, -0.05) is 49.6 Å². The number of alkyl halides is 3. The van der Waals surface area contributed by atoms with Crippen molar-refractivity contribution in [1.82, 2.24) is 10.2 Å². The molecule has 29 heavy (non-hydrogen) atoms. The highest BCUT2D eigenvalue weighted by atomic mass is 19.4. The van der Waals surface area contributed by atoms with Crippen molar-refractivity contribution in [2.45, 2.75) is 57.2 Å². The third kappa shape index (κ3) is 5.84. The minimum Gasteiger partial charge on any atom is -0.353 e. The molecule has 1 heterocycles. The van der Waals surface area contributed by atoms with E-state index in [9.17, 15) is 22.8 Å². The third-order valence-electron chi connectivity index (χ3n) is 5.79. The second kappa shape index (κ2) is 9.46. The van der Waals surface area contributed by atoms with Gasteiger partial charge in [0.25, 0.3) is 0 Å². The maximum atomic E-state index is 13.4. The van der Waals surface area contributed by atoms with Gasteiger partial charge in [0.15, 0.2) is 0 Å². The fraction of sp³-hybridized carbons (Fsp3) is 0.545. The van der Waals surface area contributed by atoms with Crippen LogP contribution in [0.2, 0.25) is 0 Å².